The van der Waals surface area contributed by atoms with Gasteiger partial charge >= 0.3 is 0 Å². The van der Waals surface area contributed by atoms with Gasteiger partial charge in [-0.1, -0.05) is 34.6 Å². The number of hydrogen-bond acceptors (Lipinski definition) is 3. The van der Waals surface area contributed by atoms with E-state index in [-0.39, 0.29) is 22.8 Å². The van der Waals surface area contributed by atoms with Crippen molar-refractivity contribution < 1.29 is 4.79 Å². The molecule has 3 N–H and O–H groups in total. The van der Waals surface area contributed by atoms with Crippen LogP contribution in [0.4, 0.5) is 0 Å². The van der Waals surface area contributed by atoms with Crippen LogP contribution in [0, 0.1) is 10.8 Å². The molecule has 0 fully saturated rings. The first-order valence-corrected chi connectivity index (χ1v) is 7.08. The molecule has 1 amide bonds. The van der Waals surface area contributed by atoms with Gasteiger partial charge in [0.1, 0.15) is 0 Å². The van der Waals surface area contributed by atoms with Crippen LogP contribution < -0.4 is 11.1 Å². The number of nitrogens with one attached hydrogen (secondary N) is 1. The average Bonchev–Trinajstić information content (AvgIpc) is 2.09. The van der Waals surface area contributed by atoms with Crippen LogP contribution in [0.1, 0.15) is 47.5 Å². The summed E-state index contributed by atoms with van der Waals surface area (Å²) in [6.07, 6.45) is 1.27. The molecule has 0 heterocycles. The van der Waals surface area contributed by atoms with Crippen molar-refractivity contribution in [2.24, 2.45) is 16.6 Å². The van der Waals surface area contributed by atoms with Gasteiger partial charge in [-0.3, -0.25) is 4.79 Å². The molecule has 0 saturated heterocycles. The number of nitrogens with zero attached hydrogens (tertiary/aromatic N) is 1. The van der Waals surface area contributed by atoms with E-state index in [0.29, 0.717) is 13.0 Å². The Kier molecular flexibility index (Phi) is 7.01. The molecular weight excluding hydrogens is 238 g/mol. The molecule has 0 saturated carbocycles. The monoisotopic (exact) mass is 271 g/mol. The molecular formula is C15H33N3O. The lowest BCUT2D eigenvalue weighted by atomic mass is 9.87. The van der Waals surface area contributed by atoms with Gasteiger partial charge in [-0.15, -0.1) is 0 Å². The van der Waals surface area contributed by atoms with Gasteiger partial charge in [-0.2, -0.15) is 0 Å². The molecule has 0 aliphatic heterocycles. The Morgan fingerprint density at radius 2 is 1.74 bits per heavy atom. The van der Waals surface area contributed by atoms with Gasteiger partial charge in [-0.05, 0) is 31.3 Å². The number of hydrogen-bond donors (Lipinski definition) is 2. The van der Waals surface area contributed by atoms with E-state index >= 15 is 0 Å². The summed E-state index contributed by atoms with van der Waals surface area (Å²) in [5.74, 6) is 0.0589. The van der Waals surface area contributed by atoms with Crippen LogP contribution in [-0.4, -0.2) is 44.0 Å². The van der Waals surface area contributed by atoms with Gasteiger partial charge in [0, 0.05) is 25.6 Å². The molecule has 0 aliphatic rings. The third-order valence-electron chi connectivity index (χ3n) is 2.83. The van der Waals surface area contributed by atoms with Crippen LogP contribution in [0.2, 0.25) is 0 Å². The molecule has 0 rings (SSSR count). The Labute approximate surface area is 119 Å². The molecule has 1 atom stereocenters. The van der Waals surface area contributed by atoms with E-state index in [1.807, 2.05) is 14.1 Å². The SMILES string of the molecule is CN(C)CC(C)(C)CNC(=O)CC(N)CC(C)(C)C. The first-order valence-electron chi connectivity index (χ1n) is 7.08. The highest BCUT2D eigenvalue weighted by Crippen LogP contribution is 2.21. The van der Waals surface area contributed by atoms with Crippen LogP contribution in [-0.2, 0) is 4.79 Å². The first-order chi connectivity index (χ1) is 8.41. The standard InChI is InChI=1S/C15H33N3O/c1-14(2,3)9-12(16)8-13(19)17-10-15(4,5)11-18(6)7/h12H,8-11,16H2,1-7H3,(H,17,19). The summed E-state index contributed by atoms with van der Waals surface area (Å²) in [7, 11) is 4.09. The molecule has 114 valence electrons. The van der Waals surface area contributed by atoms with Crippen LogP contribution in [0.15, 0.2) is 0 Å². The summed E-state index contributed by atoms with van der Waals surface area (Å²) >= 11 is 0. The minimum atomic E-state index is -0.0584. The largest absolute Gasteiger partial charge is 0.355 e. The van der Waals surface area contributed by atoms with Gasteiger partial charge in [0.05, 0.1) is 0 Å². The third-order valence-corrected chi connectivity index (χ3v) is 2.83. The van der Waals surface area contributed by atoms with Gasteiger partial charge in [-0.25, -0.2) is 0 Å². The fourth-order valence-corrected chi connectivity index (χ4v) is 2.42. The Morgan fingerprint density at radius 3 is 2.16 bits per heavy atom. The zero-order chi connectivity index (χ0) is 15.3. The third kappa shape index (κ3) is 11.0. The van der Waals surface area contributed by atoms with Crippen molar-refractivity contribution >= 4 is 5.91 Å². The van der Waals surface area contributed by atoms with E-state index in [1.54, 1.807) is 0 Å². The number of carbonyl (C=O) groups is 1. The molecule has 0 aliphatic carbocycles. The van der Waals surface area contributed by atoms with Crippen molar-refractivity contribution in [2.75, 3.05) is 27.2 Å². The van der Waals surface area contributed by atoms with Crippen molar-refractivity contribution in [3.05, 3.63) is 0 Å². The quantitative estimate of drug-likeness (QED) is 0.743. The molecule has 4 nitrogen and oxygen atoms in total. The fraction of sp³-hybridized carbons (Fsp3) is 0.933. The minimum absolute atomic E-state index is 0.0584. The van der Waals surface area contributed by atoms with Crippen molar-refractivity contribution in [1.82, 2.24) is 10.2 Å². The van der Waals surface area contributed by atoms with Gasteiger partial charge in [0.25, 0.3) is 0 Å². The average molecular weight is 271 g/mol. The van der Waals surface area contributed by atoms with E-state index in [0.717, 1.165) is 13.0 Å². The second kappa shape index (κ2) is 7.25. The number of carbonyl (C=O) groups excluding carboxylic acids is 1. The van der Waals surface area contributed by atoms with E-state index < -0.39 is 0 Å². The Bertz CT molecular complexity index is 280. The van der Waals surface area contributed by atoms with Gasteiger partial charge < -0.3 is 16.0 Å². The lowest BCUT2D eigenvalue weighted by Gasteiger charge is -2.29. The van der Waals surface area contributed by atoms with E-state index in [4.69, 9.17) is 5.73 Å². The summed E-state index contributed by atoms with van der Waals surface area (Å²) in [6.45, 7) is 12.4. The van der Waals surface area contributed by atoms with E-state index in [1.165, 1.54) is 0 Å². The van der Waals surface area contributed by atoms with Crippen LogP contribution in [0.3, 0.4) is 0 Å². The zero-order valence-corrected chi connectivity index (χ0v) is 13.8. The van der Waals surface area contributed by atoms with Gasteiger partial charge in [0.2, 0.25) is 5.91 Å². The summed E-state index contributed by atoms with van der Waals surface area (Å²) in [6, 6.07) is -0.0584. The summed E-state index contributed by atoms with van der Waals surface area (Å²) < 4.78 is 0. The zero-order valence-electron chi connectivity index (χ0n) is 13.8. The molecule has 0 aromatic heterocycles. The highest BCUT2D eigenvalue weighted by molar-refractivity contribution is 5.76. The lowest BCUT2D eigenvalue weighted by Crippen LogP contribution is -2.41. The Balaban J connectivity index is 4.05. The van der Waals surface area contributed by atoms with Gasteiger partial charge in [0.15, 0.2) is 0 Å². The Hall–Kier alpha value is -0.610. The molecule has 4 heteroatoms. The van der Waals surface area contributed by atoms with Crippen molar-refractivity contribution in [3.63, 3.8) is 0 Å². The number of nitrogens with two attached hydrogens (primary N) is 1. The maximum absolute atomic E-state index is 11.9. The molecule has 1 unspecified atom stereocenters. The molecule has 0 bridgehead atoms. The molecule has 0 aromatic carbocycles. The highest BCUT2D eigenvalue weighted by Gasteiger charge is 2.21. The fourth-order valence-electron chi connectivity index (χ4n) is 2.42. The van der Waals surface area contributed by atoms with Crippen LogP contribution in [0.25, 0.3) is 0 Å². The van der Waals surface area contributed by atoms with Crippen molar-refractivity contribution in [2.45, 2.75) is 53.5 Å². The molecule has 19 heavy (non-hydrogen) atoms. The van der Waals surface area contributed by atoms with Crippen molar-refractivity contribution in [1.29, 1.82) is 0 Å². The maximum atomic E-state index is 11.9. The van der Waals surface area contributed by atoms with Crippen LogP contribution >= 0.6 is 0 Å². The summed E-state index contributed by atoms with van der Waals surface area (Å²) in [5, 5.41) is 3.00. The van der Waals surface area contributed by atoms with E-state index in [2.05, 4.69) is 44.8 Å². The summed E-state index contributed by atoms with van der Waals surface area (Å²) in [4.78, 5) is 14.0. The second-order valence-electron chi connectivity index (χ2n) is 7.91. The lowest BCUT2D eigenvalue weighted by molar-refractivity contribution is -0.122. The molecule has 0 radical (unpaired) electrons. The molecule has 0 aromatic rings. The first kappa shape index (κ1) is 18.4. The Morgan fingerprint density at radius 1 is 1.21 bits per heavy atom. The molecule has 0 spiro atoms. The van der Waals surface area contributed by atoms with Crippen LogP contribution in [0.5, 0.6) is 0 Å². The predicted octanol–water partition coefficient (Wildman–Crippen LogP) is 1.84. The normalized spacial score (nSPS) is 14.6. The number of amides is 1. The topological polar surface area (TPSA) is 58.4 Å². The highest BCUT2D eigenvalue weighted by atomic mass is 16.1. The second-order valence-corrected chi connectivity index (χ2v) is 7.91. The smallest absolute Gasteiger partial charge is 0.221 e. The summed E-state index contributed by atoms with van der Waals surface area (Å²) in [5.41, 5.74) is 6.26. The predicted molar refractivity (Wildman–Crippen MR) is 82.0 cm³/mol. The maximum Gasteiger partial charge on any atom is 0.221 e. The minimum Gasteiger partial charge on any atom is -0.355 e. The van der Waals surface area contributed by atoms with E-state index in [9.17, 15) is 4.79 Å². The number of rotatable bonds is 7. The van der Waals surface area contributed by atoms with Crippen molar-refractivity contribution in [3.8, 4) is 0 Å².